The number of hydrogen-bond acceptors (Lipinski definition) is 3. The molecule has 2 N–H and O–H groups in total. The molecule has 1 aliphatic carbocycles. The van der Waals surface area contributed by atoms with Gasteiger partial charge in [-0.2, -0.15) is 13.2 Å². The summed E-state index contributed by atoms with van der Waals surface area (Å²) in [5.74, 6) is -1.31. The minimum atomic E-state index is -4.18. The molecule has 1 aromatic rings. The molecule has 1 aliphatic rings. The fourth-order valence-corrected chi connectivity index (χ4v) is 3.40. The van der Waals surface area contributed by atoms with E-state index in [4.69, 9.17) is 0 Å². The molecule has 0 bridgehead atoms. The van der Waals surface area contributed by atoms with Gasteiger partial charge in [-0.05, 0) is 33.1 Å². The predicted octanol–water partition coefficient (Wildman–Crippen LogP) is 3.93. The number of urea groups is 1. The third-order valence-electron chi connectivity index (χ3n) is 3.90. The van der Waals surface area contributed by atoms with Gasteiger partial charge in [-0.25, -0.2) is 9.78 Å². The number of aryl methyl sites for hydroxylation is 1. The average molecular weight is 335 g/mol. The molecule has 124 valence electrons. The van der Waals surface area contributed by atoms with Gasteiger partial charge < -0.3 is 10.6 Å². The van der Waals surface area contributed by atoms with E-state index in [0.717, 1.165) is 10.7 Å². The van der Waals surface area contributed by atoms with E-state index in [1.165, 1.54) is 11.3 Å². The van der Waals surface area contributed by atoms with E-state index in [1.54, 1.807) is 6.92 Å². The molecule has 3 atom stereocenters. The molecule has 8 heteroatoms. The molecule has 2 rings (SSSR count). The van der Waals surface area contributed by atoms with Crippen LogP contribution in [0.4, 0.5) is 18.0 Å². The Labute approximate surface area is 131 Å². The van der Waals surface area contributed by atoms with E-state index < -0.39 is 24.2 Å². The molecule has 1 saturated carbocycles. The molecule has 0 saturated heterocycles. The van der Waals surface area contributed by atoms with Crippen LogP contribution >= 0.6 is 11.3 Å². The lowest BCUT2D eigenvalue weighted by Crippen LogP contribution is -2.46. The fourth-order valence-electron chi connectivity index (χ4n) is 2.69. The van der Waals surface area contributed by atoms with Crippen molar-refractivity contribution in [3.8, 4) is 0 Å². The first-order valence-corrected chi connectivity index (χ1v) is 8.19. The van der Waals surface area contributed by atoms with Crippen molar-refractivity contribution in [3.63, 3.8) is 0 Å². The minimum Gasteiger partial charge on any atom is -0.335 e. The molecule has 1 heterocycles. The zero-order valence-corrected chi connectivity index (χ0v) is 13.4. The molecule has 1 fully saturated rings. The van der Waals surface area contributed by atoms with Crippen LogP contribution in [0.15, 0.2) is 5.38 Å². The zero-order valence-electron chi connectivity index (χ0n) is 12.5. The molecule has 4 nitrogen and oxygen atoms in total. The minimum absolute atomic E-state index is 0.0406. The number of amides is 2. The molecule has 0 aliphatic heterocycles. The highest BCUT2D eigenvalue weighted by Gasteiger charge is 2.42. The summed E-state index contributed by atoms with van der Waals surface area (Å²) in [5.41, 5.74) is 0.759. The van der Waals surface area contributed by atoms with Gasteiger partial charge in [-0.3, -0.25) is 0 Å². The first kappa shape index (κ1) is 17.1. The first-order chi connectivity index (χ1) is 10.3. The lowest BCUT2D eigenvalue weighted by atomic mass is 9.85. The number of aromatic nitrogens is 1. The van der Waals surface area contributed by atoms with Crippen molar-refractivity contribution in [2.45, 2.75) is 57.8 Å². The van der Waals surface area contributed by atoms with Crippen molar-refractivity contribution < 1.29 is 18.0 Å². The highest BCUT2D eigenvalue weighted by Crippen LogP contribution is 2.37. The van der Waals surface area contributed by atoms with Crippen molar-refractivity contribution in [1.29, 1.82) is 0 Å². The van der Waals surface area contributed by atoms with Crippen LogP contribution in [-0.2, 0) is 0 Å². The summed E-state index contributed by atoms with van der Waals surface area (Å²) in [5, 5.41) is 8.15. The van der Waals surface area contributed by atoms with Gasteiger partial charge in [-0.15, -0.1) is 11.3 Å². The van der Waals surface area contributed by atoms with Crippen LogP contribution in [0.2, 0.25) is 0 Å². The van der Waals surface area contributed by atoms with Gasteiger partial charge in [0.2, 0.25) is 0 Å². The average Bonchev–Trinajstić information content (AvgIpc) is 2.84. The standard InChI is InChI=1S/C14H20F3N3OS/c1-8(12-7-22-9(2)19-12)18-13(21)20-11-5-3-4-10(6-11)14(15,16)17/h7-8,10-11H,3-6H2,1-2H3,(H2,18,20,21). The number of rotatable bonds is 3. The number of nitrogens with one attached hydrogen (secondary N) is 2. The smallest absolute Gasteiger partial charge is 0.335 e. The van der Waals surface area contributed by atoms with Gasteiger partial charge in [0.05, 0.1) is 22.7 Å². The monoisotopic (exact) mass is 335 g/mol. The Morgan fingerprint density at radius 1 is 1.45 bits per heavy atom. The Kier molecular flexibility index (Phi) is 5.31. The summed E-state index contributed by atoms with van der Waals surface area (Å²) < 4.78 is 38.3. The van der Waals surface area contributed by atoms with Crippen LogP contribution in [-0.4, -0.2) is 23.2 Å². The third-order valence-corrected chi connectivity index (χ3v) is 4.69. The van der Waals surface area contributed by atoms with Crippen LogP contribution in [0, 0.1) is 12.8 Å². The Morgan fingerprint density at radius 3 is 2.77 bits per heavy atom. The van der Waals surface area contributed by atoms with E-state index in [0.29, 0.717) is 12.8 Å². The van der Waals surface area contributed by atoms with Crippen LogP contribution < -0.4 is 10.6 Å². The number of carbonyl (C=O) groups is 1. The normalized spacial score (nSPS) is 23.9. The Balaban J connectivity index is 1.84. The molecule has 1 aromatic heterocycles. The molecule has 2 amide bonds. The summed E-state index contributed by atoms with van der Waals surface area (Å²) in [6.07, 6.45) is -3.00. The second kappa shape index (κ2) is 6.85. The van der Waals surface area contributed by atoms with Gasteiger partial charge in [0.1, 0.15) is 0 Å². The molecule has 0 radical (unpaired) electrons. The lowest BCUT2D eigenvalue weighted by molar-refractivity contribution is -0.183. The van der Waals surface area contributed by atoms with E-state index in [1.807, 2.05) is 12.3 Å². The summed E-state index contributed by atoms with van der Waals surface area (Å²) in [6.45, 7) is 3.67. The number of nitrogens with zero attached hydrogens (tertiary/aromatic N) is 1. The van der Waals surface area contributed by atoms with E-state index >= 15 is 0 Å². The molecule has 22 heavy (non-hydrogen) atoms. The third kappa shape index (κ3) is 4.59. The van der Waals surface area contributed by atoms with Crippen LogP contribution in [0.3, 0.4) is 0 Å². The molecular formula is C14H20F3N3OS. The van der Waals surface area contributed by atoms with Crippen molar-refractivity contribution in [2.24, 2.45) is 5.92 Å². The first-order valence-electron chi connectivity index (χ1n) is 7.31. The number of alkyl halides is 3. The van der Waals surface area contributed by atoms with Gasteiger partial charge >= 0.3 is 12.2 Å². The number of halogens is 3. The summed E-state index contributed by atoms with van der Waals surface area (Å²) in [6, 6.07) is -1.14. The maximum Gasteiger partial charge on any atom is 0.391 e. The fraction of sp³-hybridized carbons (Fsp3) is 0.714. The van der Waals surface area contributed by atoms with Crippen LogP contribution in [0.5, 0.6) is 0 Å². The SMILES string of the molecule is Cc1nc(C(C)NC(=O)NC2CCCC(C(F)(F)F)C2)cs1. The summed E-state index contributed by atoms with van der Waals surface area (Å²) in [7, 11) is 0. The Bertz CT molecular complexity index is 518. The van der Waals surface area contributed by atoms with E-state index in [9.17, 15) is 18.0 Å². The number of thiazole rings is 1. The van der Waals surface area contributed by atoms with Gasteiger partial charge in [-0.1, -0.05) is 6.42 Å². The van der Waals surface area contributed by atoms with E-state index in [2.05, 4.69) is 15.6 Å². The quantitative estimate of drug-likeness (QED) is 0.879. The van der Waals surface area contributed by atoms with Crippen molar-refractivity contribution in [1.82, 2.24) is 15.6 Å². The number of hydrogen-bond donors (Lipinski definition) is 2. The van der Waals surface area contributed by atoms with Gasteiger partial charge in [0.25, 0.3) is 0 Å². The summed E-state index contributed by atoms with van der Waals surface area (Å²) in [4.78, 5) is 16.2. The number of carbonyl (C=O) groups excluding carboxylic acids is 1. The molecular weight excluding hydrogens is 315 g/mol. The maximum absolute atomic E-state index is 12.8. The molecule has 0 spiro atoms. The van der Waals surface area contributed by atoms with Crippen molar-refractivity contribution >= 4 is 17.4 Å². The van der Waals surface area contributed by atoms with E-state index in [-0.39, 0.29) is 18.9 Å². The van der Waals surface area contributed by atoms with Gasteiger partial charge in [0, 0.05) is 11.4 Å². The Hall–Kier alpha value is -1.31. The highest BCUT2D eigenvalue weighted by atomic mass is 32.1. The van der Waals surface area contributed by atoms with Gasteiger partial charge in [0.15, 0.2) is 0 Å². The second-order valence-corrected chi connectivity index (χ2v) is 6.80. The topological polar surface area (TPSA) is 54.0 Å². The van der Waals surface area contributed by atoms with Crippen molar-refractivity contribution in [2.75, 3.05) is 0 Å². The van der Waals surface area contributed by atoms with Crippen LogP contribution in [0.25, 0.3) is 0 Å². The summed E-state index contributed by atoms with van der Waals surface area (Å²) >= 11 is 1.49. The molecule has 3 unspecified atom stereocenters. The maximum atomic E-state index is 12.8. The zero-order chi connectivity index (χ0) is 16.3. The largest absolute Gasteiger partial charge is 0.391 e. The lowest BCUT2D eigenvalue weighted by Gasteiger charge is -2.31. The van der Waals surface area contributed by atoms with Crippen molar-refractivity contribution in [3.05, 3.63) is 16.1 Å². The molecule has 0 aromatic carbocycles. The highest BCUT2D eigenvalue weighted by molar-refractivity contribution is 7.09. The van der Waals surface area contributed by atoms with Crippen LogP contribution in [0.1, 0.15) is 49.4 Å². The second-order valence-electron chi connectivity index (χ2n) is 5.73. The Morgan fingerprint density at radius 2 is 2.18 bits per heavy atom. The predicted molar refractivity (Wildman–Crippen MR) is 78.7 cm³/mol.